The summed E-state index contributed by atoms with van der Waals surface area (Å²) in [7, 11) is 5.54. The molecule has 1 aliphatic heterocycles. The topological polar surface area (TPSA) is 71.7 Å². The summed E-state index contributed by atoms with van der Waals surface area (Å²) in [6.07, 6.45) is 5.94. The lowest BCUT2D eigenvalue weighted by Crippen LogP contribution is -2.48. The molecular weight excluding hydrogens is 392 g/mol. The normalized spacial score (nSPS) is 20.3. The van der Waals surface area contributed by atoms with Gasteiger partial charge in [0.1, 0.15) is 11.3 Å². The van der Waals surface area contributed by atoms with E-state index < -0.39 is 0 Å². The lowest BCUT2D eigenvalue weighted by Gasteiger charge is -2.40. The minimum absolute atomic E-state index is 0.0397. The number of nitrogens with zero attached hydrogens (tertiary/aromatic N) is 4. The van der Waals surface area contributed by atoms with E-state index in [0.717, 1.165) is 60.6 Å². The third-order valence-electron chi connectivity index (χ3n) is 6.83. The highest BCUT2D eigenvalue weighted by atomic mass is 16.5. The van der Waals surface area contributed by atoms with Gasteiger partial charge in [0.2, 0.25) is 5.95 Å². The van der Waals surface area contributed by atoms with Gasteiger partial charge in [0.15, 0.2) is 5.76 Å². The Morgan fingerprint density at radius 1 is 1.29 bits per heavy atom. The molecule has 31 heavy (non-hydrogen) atoms. The van der Waals surface area contributed by atoms with E-state index in [1.54, 1.807) is 7.11 Å². The predicted octanol–water partition coefficient (Wildman–Crippen LogP) is 3.73. The van der Waals surface area contributed by atoms with Gasteiger partial charge in [0.05, 0.1) is 12.8 Å². The number of piperidine rings is 1. The summed E-state index contributed by atoms with van der Waals surface area (Å²) >= 11 is 0. The number of benzene rings is 1. The Bertz CT molecular complexity index is 1170. The van der Waals surface area contributed by atoms with Crippen molar-refractivity contribution in [3.8, 4) is 5.75 Å². The number of hydrogen-bond acceptors (Lipinski definition) is 6. The Balaban J connectivity index is 1.47. The number of rotatable bonds is 3. The van der Waals surface area contributed by atoms with Gasteiger partial charge in [0.25, 0.3) is 5.91 Å². The molecule has 7 heteroatoms. The van der Waals surface area contributed by atoms with Crippen LogP contribution in [0.1, 0.15) is 46.6 Å². The van der Waals surface area contributed by atoms with Gasteiger partial charge in [0, 0.05) is 55.8 Å². The Labute approximate surface area is 182 Å². The number of ether oxygens (including phenoxy) is 1. The number of aromatic nitrogens is 2. The van der Waals surface area contributed by atoms with Crippen LogP contribution in [0.15, 0.2) is 28.8 Å². The smallest absolute Gasteiger partial charge is 0.289 e. The van der Waals surface area contributed by atoms with Crippen molar-refractivity contribution in [2.45, 2.75) is 38.0 Å². The van der Waals surface area contributed by atoms with Gasteiger partial charge in [-0.05, 0) is 50.3 Å². The molecule has 3 aromatic rings. The van der Waals surface area contributed by atoms with Crippen molar-refractivity contribution in [3.63, 3.8) is 0 Å². The molecule has 1 aliphatic carbocycles. The lowest BCUT2D eigenvalue weighted by atomic mass is 9.77. The van der Waals surface area contributed by atoms with E-state index in [0.29, 0.717) is 17.9 Å². The number of furan rings is 1. The number of carbonyl (C=O) groups is 1. The molecule has 1 aromatic carbocycles. The molecule has 1 spiro atoms. The quantitative estimate of drug-likeness (QED) is 0.643. The fourth-order valence-electron chi connectivity index (χ4n) is 5.13. The van der Waals surface area contributed by atoms with E-state index in [1.807, 2.05) is 55.2 Å². The summed E-state index contributed by atoms with van der Waals surface area (Å²) in [4.78, 5) is 26.8. The second-order valence-electron chi connectivity index (χ2n) is 8.97. The number of carbonyl (C=O) groups excluding carboxylic acids is 1. The van der Waals surface area contributed by atoms with Gasteiger partial charge in [-0.3, -0.25) is 4.79 Å². The van der Waals surface area contributed by atoms with Crippen LogP contribution in [-0.2, 0) is 11.8 Å². The number of methoxy groups -OCH3 is 1. The fraction of sp³-hybridized carbons (Fsp3) is 0.458. The summed E-state index contributed by atoms with van der Waals surface area (Å²) in [5, 5.41) is 0.949. The highest BCUT2D eigenvalue weighted by molar-refractivity contribution is 5.99. The van der Waals surface area contributed by atoms with E-state index in [1.165, 1.54) is 5.56 Å². The maximum atomic E-state index is 13.5. The molecule has 1 saturated heterocycles. The first-order valence-corrected chi connectivity index (χ1v) is 10.8. The van der Waals surface area contributed by atoms with E-state index in [-0.39, 0.29) is 11.3 Å². The van der Waals surface area contributed by atoms with Crippen LogP contribution >= 0.6 is 0 Å². The zero-order chi connectivity index (χ0) is 21.8. The molecule has 7 nitrogen and oxygen atoms in total. The van der Waals surface area contributed by atoms with E-state index in [4.69, 9.17) is 14.1 Å². The van der Waals surface area contributed by atoms with Crippen LogP contribution in [0.25, 0.3) is 11.0 Å². The lowest BCUT2D eigenvalue weighted by molar-refractivity contribution is 0.0603. The molecule has 162 valence electrons. The molecule has 0 N–H and O–H groups in total. The number of likely N-dealkylation sites (tertiary alicyclic amines) is 1. The van der Waals surface area contributed by atoms with Crippen molar-refractivity contribution < 1.29 is 13.9 Å². The van der Waals surface area contributed by atoms with Crippen LogP contribution in [0.4, 0.5) is 5.95 Å². The fourth-order valence-corrected chi connectivity index (χ4v) is 5.13. The largest absolute Gasteiger partial charge is 0.497 e. The summed E-state index contributed by atoms with van der Waals surface area (Å²) in [6.45, 7) is 3.36. The van der Waals surface area contributed by atoms with E-state index in [2.05, 4.69) is 4.98 Å². The molecular formula is C24H28N4O3. The van der Waals surface area contributed by atoms with Gasteiger partial charge in [-0.15, -0.1) is 0 Å². The van der Waals surface area contributed by atoms with Gasteiger partial charge >= 0.3 is 0 Å². The molecule has 1 fully saturated rings. The van der Waals surface area contributed by atoms with Gasteiger partial charge in [-0.25, -0.2) is 9.97 Å². The predicted molar refractivity (Wildman–Crippen MR) is 119 cm³/mol. The number of anilines is 1. The van der Waals surface area contributed by atoms with Crippen LogP contribution in [-0.4, -0.2) is 55.1 Å². The number of fused-ring (bicyclic) bond motifs is 3. The molecule has 1 unspecified atom stereocenters. The number of aryl methyl sites for hydroxylation is 2. The average Bonchev–Trinajstić information content (AvgIpc) is 3.30. The monoisotopic (exact) mass is 420 g/mol. The highest BCUT2D eigenvalue weighted by Gasteiger charge is 2.45. The molecule has 0 bridgehead atoms. The van der Waals surface area contributed by atoms with Crippen molar-refractivity contribution in [3.05, 3.63) is 47.0 Å². The first-order valence-electron chi connectivity index (χ1n) is 10.8. The molecule has 2 aliphatic rings. The molecule has 3 heterocycles. The van der Waals surface area contributed by atoms with Crippen LogP contribution in [0, 0.1) is 6.92 Å². The summed E-state index contributed by atoms with van der Waals surface area (Å²) < 4.78 is 11.3. The highest BCUT2D eigenvalue weighted by Crippen LogP contribution is 2.44. The van der Waals surface area contributed by atoms with Crippen molar-refractivity contribution in [1.29, 1.82) is 0 Å². The first-order chi connectivity index (χ1) is 14.9. The molecule has 1 atom stereocenters. The van der Waals surface area contributed by atoms with Gasteiger partial charge in [-0.2, -0.15) is 0 Å². The van der Waals surface area contributed by atoms with Gasteiger partial charge < -0.3 is 19.0 Å². The van der Waals surface area contributed by atoms with Crippen molar-refractivity contribution in [2.75, 3.05) is 39.2 Å². The van der Waals surface area contributed by atoms with Gasteiger partial charge in [-0.1, -0.05) is 0 Å². The molecule has 5 rings (SSSR count). The Hall–Kier alpha value is -3.09. The summed E-state index contributed by atoms with van der Waals surface area (Å²) in [6, 6.07) is 5.69. The van der Waals surface area contributed by atoms with Crippen molar-refractivity contribution in [1.82, 2.24) is 14.9 Å². The van der Waals surface area contributed by atoms with Crippen molar-refractivity contribution >= 4 is 22.8 Å². The molecule has 1 amide bonds. The summed E-state index contributed by atoms with van der Waals surface area (Å²) in [5.41, 5.74) is 3.80. The number of amides is 1. The first kappa shape index (κ1) is 19.8. The van der Waals surface area contributed by atoms with Crippen molar-refractivity contribution in [2.24, 2.45) is 0 Å². The number of hydrogen-bond donors (Lipinski definition) is 0. The second-order valence-corrected chi connectivity index (χ2v) is 8.97. The maximum absolute atomic E-state index is 13.5. The standard InChI is InChI=1S/C24H28N4O3/c1-15-18-7-6-17(30-4)12-19(18)31-20(15)22(29)28-11-5-9-24(14-28)10-8-16-13-25-23(27(2)3)26-21(16)24/h6-7,12-13H,5,8-11,14H2,1-4H3. The Morgan fingerprint density at radius 2 is 2.13 bits per heavy atom. The zero-order valence-corrected chi connectivity index (χ0v) is 18.6. The van der Waals surface area contributed by atoms with Crippen LogP contribution < -0.4 is 9.64 Å². The van der Waals surface area contributed by atoms with E-state index in [9.17, 15) is 4.79 Å². The SMILES string of the molecule is COc1ccc2c(C)c(C(=O)N3CCCC4(CCc5cnc(N(C)C)nc54)C3)oc2c1. The second kappa shape index (κ2) is 7.25. The molecule has 2 aromatic heterocycles. The zero-order valence-electron chi connectivity index (χ0n) is 18.6. The minimum atomic E-state index is -0.0971. The summed E-state index contributed by atoms with van der Waals surface area (Å²) in [5.74, 6) is 1.83. The van der Waals surface area contributed by atoms with E-state index >= 15 is 0 Å². The van der Waals surface area contributed by atoms with Crippen LogP contribution in [0.3, 0.4) is 0 Å². The minimum Gasteiger partial charge on any atom is -0.497 e. The molecule has 0 saturated carbocycles. The van der Waals surface area contributed by atoms with Crippen LogP contribution in [0.5, 0.6) is 5.75 Å². The Morgan fingerprint density at radius 3 is 2.90 bits per heavy atom. The van der Waals surface area contributed by atoms with Crippen LogP contribution in [0.2, 0.25) is 0 Å². The molecule has 0 radical (unpaired) electrons. The Kier molecular flexibility index (Phi) is 4.64. The third kappa shape index (κ3) is 3.14. The third-order valence-corrected chi connectivity index (χ3v) is 6.83. The maximum Gasteiger partial charge on any atom is 0.289 e. The average molecular weight is 421 g/mol.